The van der Waals surface area contributed by atoms with Gasteiger partial charge in [0.15, 0.2) is 0 Å². The first-order valence-electron chi connectivity index (χ1n) is 5.12. The summed E-state index contributed by atoms with van der Waals surface area (Å²) < 4.78 is 2.01. The third-order valence-electron chi connectivity index (χ3n) is 2.82. The maximum atomic E-state index is 5.44. The summed E-state index contributed by atoms with van der Waals surface area (Å²) in [6.45, 7) is 1.71. The summed E-state index contributed by atoms with van der Waals surface area (Å²) >= 11 is 0. The Hall–Kier alpha value is -0.830. The van der Waals surface area contributed by atoms with E-state index in [1.807, 2.05) is 10.9 Å². The predicted molar refractivity (Wildman–Crippen MR) is 52.5 cm³/mol. The zero-order valence-electron chi connectivity index (χ0n) is 7.95. The van der Waals surface area contributed by atoms with Crippen LogP contribution in [0.4, 0.5) is 0 Å². The molecule has 0 bridgehead atoms. The fourth-order valence-corrected chi connectivity index (χ4v) is 1.71. The van der Waals surface area contributed by atoms with Crippen LogP contribution in [0.15, 0.2) is 12.4 Å². The lowest BCUT2D eigenvalue weighted by molar-refractivity contribution is 0.419. The van der Waals surface area contributed by atoms with Gasteiger partial charge in [-0.2, -0.15) is 5.10 Å². The molecule has 13 heavy (non-hydrogen) atoms. The Morgan fingerprint density at radius 3 is 3.00 bits per heavy atom. The van der Waals surface area contributed by atoms with Crippen molar-refractivity contribution in [3.63, 3.8) is 0 Å². The number of nitrogens with two attached hydrogens (primary N) is 1. The molecular weight excluding hydrogens is 162 g/mol. The molecular formula is C10H17N3. The molecule has 0 saturated heterocycles. The van der Waals surface area contributed by atoms with Crippen molar-refractivity contribution in [2.24, 2.45) is 5.73 Å². The molecule has 0 aromatic carbocycles. The Morgan fingerprint density at radius 2 is 2.38 bits per heavy atom. The fraction of sp³-hybridized carbons (Fsp3) is 0.700. The van der Waals surface area contributed by atoms with Gasteiger partial charge >= 0.3 is 0 Å². The maximum absolute atomic E-state index is 5.44. The lowest BCUT2D eigenvalue weighted by atomic mass is 9.81. The number of hydrogen-bond donors (Lipinski definition) is 1. The second-order valence-corrected chi connectivity index (χ2v) is 3.81. The molecule has 1 aromatic heterocycles. The van der Waals surface area contributed by atoms with E-state index in [9.17, 15) is 0 Å². The van der Waals surface area contributed by atoms with Gasteiger partial charge in [-0.15, -0.1) is 0 Å². The van der Waals surface area contributed by atoms with Gasteiger partial charge in [-0.1, -0.05) is 6.42 Å². The van der Waals surface area contributed by atoms with Gasteiger partial charge < -0.3 is 5.73 Å². The van der Waals surface area contributed by atoms with Crippen molar-refractivity contribution >= 4 is 0 Å². The lowest BCUT2D eigenvalue weighted by Crippen LogP contribution is -2.08. The van der Waals surface area contributed by atoms with Crippen molar-refractivity contribution < 1.29 is 0 Å². The average molecular weight is 179 g/mol. The second kappa shape index (κ2) is 3.92. The summed E-state index contributed by atoms with van der Waals surface area (Å²) in [6, 6.07) is 0. The van der Waals surface area contributed by atoms with E-state index in [1.54, 1.807) is 0 Å². The molecule has 0 unspecified atom stereocenters. The van der Waals surface area contributed by atoms with Gasteiger partial charge in [0.05, 0.1) is 6.20 Å². The standard InChI is InChI=1S/C10H17N3/c11-5-2-6-13-8-10(7-12-13)9-3-1-4-9/h7-9H,1-6,11H2. The fourth-order valence-electron chi connectivity index (χ4n) is 1.71. The maximum Gasteiger partial charge on any atom is 0.0524 e. The molecule has 1 fully saturated rings. The molecule has 0 spiro atoms. The van der Waals surface area contributed by atoms with Crippen molar-refractivity contribution in [2.45, 2.75) is 38.1 Å². The molecule has 2 rings (SSSR count). The minimum atomic E-state index is 0.749. The molecule has 3 nitrogen and oxygen atoms in total. The van der Waals surface area contributed by atoms with Crippen molar-refractivity contribution in [2.75, 3.05) is 6.54 Å². The minimum Gasteiger partial charge on any atom is -0.330 e. The number of aromatic nitrogens is 2. The Bertz CT molecular complexity index is 263. The average Bonchev–Trinajstić information content (AvgIpc) is 2.46. The molecule has 1 aliphatic carbocycles. The van der Waals surface area contributed by atoms with Crippen LogP contribution >= 0.6 is 0 Å². The van der Waals surface area contributed by atoms with E-state index < -0.39 is 0 Å². The number of aryl methyl sites for hydroxylation is 1. The van der Waals surface area contributed by atoms with Gasteiger partial charge in [0.25, 0.3) is 0 Å². The van der Waals surface area contributed by atoms with Crippen molar-refractivity contribution in [3.05, 3.63) is 18.0 Å². The monoisotopic (exact) mass is 179 g/mol. The quantitative estimate of drug-likeness (QED) is 0.761. The van der Waals surface area contributed by atoms with E-state index >= 15 is 0 Å². The molecule has 1 saturated carbocycles. The van der Waals surface area contributed by atoms with Crippen molar-refractivity contribution in [3.8, 4) is 0 Å². The summed E-state index contributed by atoms with van der Waals surface area (Å²) in [5.41, 5.74) is 6.86. The molecule has 2 N–H and O–H groups in total. The zero-order valence-corrected chi connectivity index (χ0v) is 7.95. The van der Waals surface area contributed by atoms with Crippen LogP contribution in [0, 0.1) is 0 Å². The SMILES string of the molecule is NCCCn1cc(C2CCC2)cn1. The van der Waals surface area contributed by atoms with Gasteiger partial charge in [0, 0.05) is 12.7 Å². The molecule has 0 amide bonds. The Morgan fingerprint density at radius 1 is 1.54 bits per heavy atom. The Labute approximate surface area is 78.9 Å². The molecule has 1 heterocycles. The normalized spacial score (nSPS) is 17.3. The van der Waals surface area contributed by atoms with Gasteiger partial charge in [0.1, 0.15) is 0 Å². The third-order valence-corrected chi connectivity index (χ3v) is 2.82. The van der Waals surface area contributed by atoms with E-state index in [-0.39, 0.29) is 0 Å². The van der Waals surface area contributed by atoms with Gasteiger partial charge in [-0.25, -0.2) is 0 Å². The van der Waals surface area contributed by atoms with Crippen LogP contribution in [0.5, 0.6) is 0 Å². The Kier molecular flexibility index (Phi) is 2.64. The summed E-state index contributed by atoms with van der Waals surface area (Å²) in [6.07, 6.45) is 9.30. The van der Waals surface area contributed by atoms with Crippen molar-refractivity contribution in [1.29, 1.82) is 0 Å². The van der Waals surface area contributed by atoms with Crippen LogP contribution in [0.2, 0.25) is 0 Å². The number of nitrogens with zero attached hydrogens (tertiary/aromatic N) is 2. The van der Waals surface area contributed by atoms with Gasteiger partial charge in [0.2, 0.25) is 0 Å². The lowest BCUT2D eigenvalue weighted by Gasteiger charge is -2.23. The molecule has 1 aromatic rings. The molecule has 72 valence electrons. The van der Waals surface area contributed by atoms with E-state index in [1.165, 1.54) is 24.8 Å². The first kappa shape index (κ1) is 8.75. The highest BCUT2D eigenvalue weighted by atomic mass is 15.3. The first-order valence-corrected chi connectivity index (χ1v) is 5.12. The van der Waals surface area contributed by atoms with E-state index in [4.69, 9.17) is 5.73 Å². The van der Waals surface area contributed by atoms with E-state index in [0.717, 1.165) is 25.4 Å². The number of rotatable bonds is 4. The highest BCUT2D eigenvalue weighted by Crippen LogP contribution is 2.35. The highest BCUT2D eigenvalue weighted by Gasteiger charge is 2.20. The molecule has 3 heteroatoms. The summed E-state index contributed by atoms with van der Waals surface area (Å²) in [5.74, 6) is 0.798. The van der Waals surface area contributed by atoms with Crippen LogP contribution in [0.1, 0.15) is 37.2 Å². The van der Waals surface area contributed by atoms with Crippen LogP contribution < -0.4 is 5.73 Å². The molecule has 0 atom stereocenters. The molecule has 0 aliphatic heterocycles. The van der Waals surface area contributed by atoms with Crippen LogP contribution in [0.3, 0.4) is 0 Å². The third kappa shape index (κ3) is 1.91. The first-order chi connectivity index (χ1) is 6.40. The largest absolute Gasteiger partial charge is 0.330 e. The summed E-state index contributed by atoms with van der Waals surface area (Å²) in [5, 5.41) is 4.32. The van der Waals surface area contributed by atoms with Crippen LogP contribution in [-0.2, 0) is 6.54 Å². The topological polar surface area (TPSA) is 43.8 Å². The van der Waals surface area contributed by atoms with Gasteiger partial charge in [-0.05, 0) is 37.3 Å². The van der Waals surface area contributed by atoms with E-state index in [0.29, 0.717) is 0 Å². The smallest absolute Gasteiger partial charge is 0.0524 e. The van der Waals surface area contributed by atoms with Crippen LogP contribution in [-0.4, -0.2) is 16.3 Å². The predicted octanol–water partition coefficient (Wildman–Crippen LogP) is 1.50. The zero-order chi connectivity index (χ0) is 9.10. The number of hydrogen-bond acceptors (Lipinski definition) is 2. The van der Waals surface area contributed by atoms with Crippen LogP contribution in [0.25, 0.3) is 0 Å². The second-order valence-electron chi connectivity index (χ2n) is 3.81. The molecule has 1 aliphatic rings. The highest BCUT2D eigenvalue weighted by molar-refractivity contribution is 5.13. The van der Waals surface area contributed by atoms with E-state index in [2.05, 4.69) is 11.3 Å². The van der Waals surface area contributed by atoms with Gasteiger partial charge in [-0.3, -0.25) is 4.68 Å². The Balaban J connectivity index is 1.92. The summed E-state index contributed by atoms with van der Waals surface area (Å²) in [7, 11) is 0. The van der Waals surface area contributed by atoms with Crippen molar-refractivity contribution in [1.82, 2.24) is 9.78 Å². The summed E-state index contributed by atoms with van der Waals surface area (Å²) in [4.78, 5) is 0. The molecule has 0 radical (unpaired) electrons. The minimum absolute atomic E-state index is 0.749.